The Labute approximate surface area is 167 Å². The van der Waals surface area contributed by atoms with Gasteiger partial charge >= 0.3 is 5.97 Å². The van der Waals surface area contributed by atoms with Crippen LogP contribution in [0.3, 0.4) is 0 Å². The Balaban J connectivity index is 2.46. The molecule has 0 radical (unpaired) electrons. The minimum atomic E-state index is -0.378. The van der Waals surface area contributed by atoms with Gasteiger partial charge in [0.25, 0.3) is 0 Å². The molecule has 0 unspecified atom stereocenters. The van der Waals surface area contributed by atoms with Gasteiger partial charge in [0.2, 0.25) is 0 Å². The van der Waals surface area contributed by atoms with Gasteiger partial charge < -0.3 is 19.3 Å². The Morgan fingerprint density at radius 1 is 1.26 bits per heavy atom. The summed E-state index contributed by atoms with van der Waals surface area (Å²) in [4.78, 5) is 14.8. The van der Waals surface area contributed by atoms with E-state index >= 15 is 0 Å². The average Bonchev–Trinajstić information content (AvgIpc) is 2.91. The summed E-state index contributed by atoms with van der Waals surface area (Å²) in [5.74, 6) is -0.233. The molecule has 0 spiro atoms. The minimum Gasteiger partial charge on any atom is -0.506 e. The third kappa shape index (κ3) is 3.47. The number of carbonyl (C=O) groups excluding carboxylic acids is 1. The van der Waals surface area contributed by atoms with E-state index in [1.165, 1.54) is 0 Å². The van der Waals surface area contributed by atoms with Gasteiger partial charge in [-0.15, -0.1) is 0 Å². The fourth-order valence-corrected chi connectivity index (χ4v) is 3.90. The fraction of sp³-hybridized carbons (Fsp3) is 0.286. The molecule has 0 fully saturated rings. The van der Waals surface area contributed by atoms with Crippen molar-refractivity contribution < 1.29 is 14.6 Å². The van der Waals surface area contributed by atoms with Crippen molar-refractivity contribution in [3.63, 3.8) is 0 Å². The van der Waals surface area contributed by atoms with Gasteiger partial charge in [-0.2, -0.15) is 0 Å². The molecule has 1 heterocycles. The van der Waals surface area contributed by atoms with Crippen molar-refractivity contribution in [2.24, 2.45) is 0 Å². The number of fused-ring (bicyclic) bond motifs is 1. The van der Waals surface area contributed by atoms with E-state index < -0.39 is 0 Å². The van der Waals surface area contributed by atoms with Crippen molar-refractivity contribution in [1.82, 2.24) is 9.47 Å². The highest BCUT2D eigenvalue weighted by Gasteiger charge is 2.27. The third-order valence-corrected chi connectivity index (χ3v) is 5.09. The number of phenols is 1. The number of ether oxygens (including phenoxy) is 1. The molecular weight excluding hydrogens is 408 g/mol. The average molecular weight is 431 g/mol. The smallest absolute Gasteiger partial charge is 0.340 e. The van der Waals surface area contributed by atoms with Crippen LogP contribution in [0.2, 0.25) is 0 Å². The van der Waals surface area contributed by atoms with E-state index in [-0.39, 0.29) is 11.7 Å². The van der Waals surface area contributed by atoms with E-state index in [9.17, 15) is 9.90 Å². The highest BCUT2D eigenvalue weighted by atomic mass is 79.9. The van der Waals surface area contributed by atoms with Crippen molar-refractivity contribution in [1.29, 1.82) is 0 Å². The first-order valence-corrected chi connectivity index (χ1v) is 9.58. The van der Waals surface area contributed by atoms with Gasteiger partial charge in [-0.25, -0.2) is 4.79 Å². The number of benzene rings is 2. The summed E-state index contributed by atoms with van der Waals surface area (Å²) < 4.78 is 7.96. The van der Waals surface area contributed by atoms with Crippen molar-refractivity contribution in [2.45, 2.75) is 20.4 Å². The molecule has 0 aliphatic carbocycles. The number of esters is 1. The molecule has 0 aliphatic heterocycles. The number of halogens is 1. The van der Waals surface area contributed by atoms with E-state index in [1.807, 2.05) is 66.9 Å². The van der Waals surface area contributed by atoms with Crippen LogP contribution in [0.1, 0.15) is 28.5 Å². The Kier molecular flexibility index (Phi) is 5.58. The maximum Gasteiger partial charge on any atom is 0.340 e. The maximum absolute atomic E-state index is 12.8. The minimum absolute atomic E-state index is 0.145. The molecule has 1 N–H and O–H groups in total. The van der Waals surface area contributed by atoms with E-state index in [2.05, 4.69) is 15.9 Å². The van der Waals surface area contributed by atoms with Crippen LogP contribution in [0.4, 0.5) is 0 Å². The van der Waals surface area contributed by atoms with Gasteiger partial charge in [-0.05, 0) is 62.1 Å². The summed E-state index contributed by atoms with van der Waals surface area (Å²) in [5.41, 5.74) is 3.78. The highest BCUT2D eigenvalue weighted by Crippen LogP contribution is 2.41. The van der Waals surface area contributed by atoms with Gasteiger partial charge in [0.1, 0.15) is 5.75 Å². The number of nitrogens with zero attached hydrogens (tertiary/aromatic N) is 2. The lowest BCUT2D eigenvalue weighted by molar-refractivity contribution is 0.0527. The molecular formula is C21H23BrN2O3. The van der Waals surface area contributed by atoms with E-state index in [4.69, 9.17) is 4.74 Å². The Hall–Kier alpha value is -2.31. The molecule has 5 nitrogen and oxygen atoms in total. The zero-order valence-electron chi connectivity index (χ0n) is 15.9. The van der Waals surface area contributed by atoms with Crippen LogP contribution >= 0.6 is 15.9 Å². The van der Waals surface area contributed by atoms with Crippen molar-refractivity contribution in [3.8, 4) is 11.4 Å². The summed E-state index contributed by atoms with van der Waals surface area (Å²) in [6, 6.07) is 11.7. The SMILES string of the molecule is CCOC(=O)c1c(C)n(-c2ccccc2)c2cc(Br)c(O)c(CN(C)C)c12. The predicted octanol–water partition coefficient (Wildman–Crippen LogP) is 4.65. The molecule has 6 heteroatoms. The lowest BCUT2D eigenvalue weighted by atomic mass is 10.0. The summed E-state index contributed by atoms with van der Waals surface area (Å²) >= 11 is 3.47. The van der Waals surface area contributed by atoms with Gasteiger partial charge in [0, 0.05) is 28.9 Å². The van der Waals surface area contributed by atoms with E-state index in [0.717, 1.165) is 22.3 Å². The molecule has 0 atom stereocenters. The zero-order valence-corrected chi connectivity index (χ0v) is 17.5. The lowest BCUT2D eigenvalue weighted by Gasteiger charge is -2.15. The molecule has 0 saturated heterocycles. The normalized spacial score (nSPS) is 11.3. The van der Waals surface area contributed by atoms with Crippen LogP contribution in [-0.4, -0.2) is 41.2 Å². The molecule has 0 amide bonds. The highest BCUT2D eigenvalue weighted by molar-refractivity contribution is 9.10. The standard InChI is InChI=1S/C21H23BrN2O3/c1-5-27-21(26)18-13(2)24(14-9-7-6-8-10-14)17-11-16(22)20(25)15(19(17)18)12-23(3)4/h6-11,25H,5,12H2,1-4H3. The Morgan fingerprint density at radius 3 is 2.52 bits per heavy atom. The van der Waals surface area contributed by atoms with Gasteiger partial charge in [-0.3, -0.25) is 0 Å². The number of aromatic nitrogens is 1. The zero-order chi connectivity index (χ0) is 19.7. The second-order valence-electron chi connectivity index (χ2n) is 6.67. The second kappa shape index (κ2) is 7.74. The summed E-state index contributed by atoms with van der Waals surface area (Å²) in [5, 5.41) is 11.4. The Morgan fingerprint density at radius 2 is 1.93 bits per heavy atom. The maximum atomic E-state index is 12.8. The number of phenolic OH excluding ortho intramolecular Hbond substituents is 1. The summed E-state index contributed by atoms with van der Waals surface area (Å²) in [6.45, 7) is 4.48. The monoisotopic (exact) mass is 430 g/mol. The molecule has 1 aromatic heterocycles. The van der Waals surface area contributed by atoms with Crippen LogP contribution in [0.15, 0.2) is 40.9 Å². The van der Waals surface area contributed by atoms with Crippen molar-refractivity contribution in [2.75, 3.05) is 20.7 Å². The molecule has 0 bridgehead atoms. The van der Waals surface area contributed by atoms with Gasteiger partial charge in [-0.1, -0.05) is 18.2 Å². The topological polar surface area (TPSA) is 54.7 Å². The van der Waals surface area contributed by atoms with E-state index in [0.29, 0.717) is 28.8 Å². The summed E-state index contributed by atoms with van der Waals surface area (Å²) in [6.07, 6.45) is 0. The molecule has 2 aromatic carbocycles. The Bertz CT molecular complexity index is 994. The number of hydrogen-bond donors (Lipinski definition) is 1. The van der Waals surface area contributed by atoms with Gasteiger partial charge in [0.15, 0.2) is 0 Å². The number of rotatable bonds is 5. The number of para-hydroxylation sites is 1. The second-order valence-corrected chi connectivity index (χ2v) is 7.52. The summed E-state index contributed by atoms with van der Waals surface area (Å²) in [7, 11) is 3.86. The number of hydrogen-bond acceptors (Lipinski definition) is 4. The number of carbonyl (C=O) groups is 1. The predicted molar refractivity (Wildman–Crippen MR) is 111 cm³/mol. The van der Waals surface area contributed by atoms with Crippen molar-refractivity contribution in [3.05, 3.63) is 57.7 Å². The molecule has 27 heavy (non-hydrogen) atoms. The van der Waals surface area contributed by atoms with Crippen LogP contribution < -0.4 is 0 Å². The largest absolute Gasteiger partial charge is 0.506 e. The molecule has 0 saturated carbocycles. The van der Waals surface area contributed by atoms with Crippen LogP contribution in [-0.2, 0) is 11.3 Å². The molecule has 3 rings (SSSR count). The number of aromatic hydroxyl groups is 1. The molecule has 3 aromatic rings. The van der Waals surface area contributed by atoms with Crippen LogP contribution in [0.5, 0.6) is 5.75 Å². The van der Waals surface area contributed by atoms with E-state index in [1.54, 1.807) is 6.92 Å². The molecule has 142 valence electrons. The van der Waals surface area contributed by atoms with Crippen molar-refractivity contribution >= 4 is 32.8 Å². The van der Waals surface area contributed by atoms with Crippen LogP contribution in [0.25, 0.3) is 16.6 Å². The first-order valence-electron chi connectivity index (χ1n) is 8.79. The molecule has 0 aliphatic rings. The lowest BCUT2D eigenvalue weighted by Crippen LogP contribution is -2.12. The van der Waals surface area contributed by atoms with Gasteiger partial charge in [0.05, 0.1) is 22.2 Å². The first-order chi connectivity index (χ1) is 12.9. The fourth-order valence-electron chi connectivity index (χ4n) is 3.44. The third-order valence-electron chi connectivity index (χ3n) is 4.49. The van der Waals surface area contributed by atoms with Crippen LogP contribution in [0, 0.1) is 6.92 Å². The first kappa shape index (κ1) is 19.5. The quantitative estimate of drug-likeness (QED) is 0.598.